The van der Waals surface area contributed by atoms with Crippen LogP contribution in [0.25, 0.3) is 0 Å². The quantitative estimate of drug-likeness (QED) is 0.452. The summed E-state index contributed by atoms with van der Waals surface area (Å²) < 4.78 is 10.5. The van der Waals surface area contributed by atoms with Gasteiger partial charge in [-0.1, -0.05) is 0 Å². The Morgan fingerprint density at radius 1 is 0.680 bits per heavy atom. The lowest BCUT2D eigenvalue weighted by molar-refractivity contribution is -0.0648. The second-order valence-corrected chi connectivity index (χ2v) is 6.14. The van der Waals surface area contributed by atoms with Gasteiger partial charge in [0.25, 0.3) is 0 Å². The zero-order valence-corrected chi connectivity index (χ0v) is 13.8. The van der Waals surface area contributed by atoms with Gasteiger partial charge in [0.2, 0.25) is 5.75 Å². The minimum Gasteiger partial charge on any atom is -0.504 e. The van der Waals surface area contributed by atoms with Crippen molar-refractivity contribution in [2.24, 2.45) is 0 Å². The first-order chi connectivity index (χ1) is 12.0. The van der Waals surface area contributed by atoms with Crippen LogP contribution in [-0.2, 0) is 9.47 Å². The highest BCUT2D eigenvalue weighted by Crippen LogP contribution is 2.45. The number of hydrogen-bond acceptors (Lipinski definition) is 9. The van der Waals surface area contributed by atoms with Crippen molar-refractivity contribution in [3.63, 3.8) is 0 Å². The van der Waals surface area contributed by atoms with E-state index in [0.717, 1.165) is 0 Å². The fraction of sp³-hybridized carbons (Fsp3) is 0.625. The van der Waals surface area contributed by atoms with Crippen LogP contribution in [0, 0.1) is 0 Å². The molecule has 5 N–H and O–H groups in total. The molecule has 0 saturated carbocycles. The number of aromatic hydroxyl groups is 3. The second kappa shape index (κ2) is 7.73. The number of nitrogens with zero attached hydrogens (tertiary/aromatic N) is 2. The highest BCUT2D eigenvalue weighted by Gasteiger charge is 2.30. The summed E-state index contributed by atoms with van der Waals surface area (Å²) in [6.45, 7) is 3.65. The maximum atomic E-state index is 10.6. The molecule has 2 heterocycles. The van der Waals surface area contributed by atoms with E-state index in [4.69, 9.17) is 9.47 Å². The van der Waals surface area contributed by atoms with Gasteiger partial charge in [0, 0.05) is 37.3 Å². The molecule has 0 radical (unpaired) electrons. The predicted octanol–water partition coefficient (Wildman–Crippen LogP) is -0.550. The van der Waals surface area contributed by atoms with E-state index in [9.17, 15) is 25.5 Å². The SMILES string of the molecule is Oc1c([C@@H](O)N2CCOCC2)cc([C@@H](O)N2CCOCC2)c(O)c1O. The Hall–Kier alpha value is -1.62. The van der Waals surface area contributed by atoms with Gasteiger partial charge in [0.15, 0.2) is 11.5 Å². The summed E-state index contributed by atoms with van der Waals surface area (Å²) in [4.78, 5) is 3.36. The Balaban J connectivity index is 1.91. The van der Waals surface area contributed by atoms with Gasteiger partial charge in [-0.2, -0.15) is 0 Å². The number of phenols is 3. The van der Waals surface area contributed by atoms with Gasteiger partial charge in [-0.05, 0) is 6.07 Å². The summed E-state index contributed by atoms with van der Waals surface area (Å²) >= 11 is 0. The summed E-state index contributed by atoms with van der Waals surface area (Å²) in [6.07, 6.45) is -2.38. The lowest BCUT2D eigenvalue weighted by Gasteiger charge is -2.34. The van der Waals surface area contributed by atoms with Crippen molar-refractivity contribution in [1.82, 2.24) is 9.80 Å². The number of aliphatic hydroxyl groups is 2. The third-order valence-electron chi connectivity index (χ3n) is 4.65. The van der Waals surface area contributed by atoms with Crippen LogP contribution < -0.4 is 0 Å². The molecule has 0 spiro atoms. The van der Waals surface area contributed by atoms with Gasteiger partial charge in [-0.3, -0.25) is 9.80 Å². The fourth-order valence-electron chi connectivity index (χ4n) is 3.12. The molecule has 1 aromatic rings. The van der Waals surface area contributed by atoms with Crippen LogP contribution in [0.2, 0.25) is 0 Å². The fourth-order valence-corrected chi connectivity index (χ4v) is 3.12. The Kier molecular flexibility index (Phi) is 5.62. The number of benzene rings is 1. The van der Waals surface area contributed by atoms with Gasteiger partial charge in [-0.25, -0.2) is 0 Å². The summed E-state index contributed by atoms with van der Waals surface area (Å²) in [5.41, 5.74) is 0.0546. The maximum Gasteiger partial charge on any atom is 0.201 e. The van der Waals surface area contributed by atoms with Crippen LogP contribution in [-0.4, -0.2) is 87.9 Å². The molecule has 25 heavy (non-hydrogen) atoms. The molecule has 9 nitrogen and oxygen atoms in total. The molecule has 0 amide bonds. The van der Waals surface area contributed by atoms with E-state index >= 15 is 0 Å². The molecule has 2 saturated heterocycles. The highest BCUT2D eigenvalue weighted by molar-refractivity contribution is 5.58. The van der Waals surface area contributed by atoms with Gasteiger partial charge in [0.1, 0.15) is 12.5 Å². The summed E-state index contributed by atoms with van der Waals surface area (Å²) in [5.74, 6) is -1.96. The number of phenolic OH excluding ortho intramolecular Hbond substituents is 3. The smallest absolute Gasteiger partial charge is 0.201 e. The van der Waals surface area contributed by atoms with Gasteiger partial charge in [0.05, 0.1) is 26.4 Å². The molecule has 0 aromatic heterocycles. The molecule has 2 aliphatic heterocycles. The van der Waals surface area contributed by atoms with E-state index in [0.29, 0.717) is 52.6 Å². The number of ether oxygens (including phenoxy) is 2. The first kappa shape index (κ1) is 18.2. The number of rotatable bonds is 4. The summed E-state index contributed by atoms with van der Waals surface area (Å²) in [6, 6.07) is 1.32. The third-order valence-corrected chi connectivity index (χ3v) is 4.65. The Morgan fingerprint density at radius 3 is 1.40 bits per heavy atom. The Morgan fingerprint density at radius 2 is 1.04 bits per heavy atom. The minimum atomic E-state index is -1.19. The van der Waals surface area contributed by atoms with Crippen molar-refractivity contribution in [3.05, 3.63) is 17.2 Å². The minimum absolute atomic E-state index is 0.0273. The van der Waals surface area contributed by atoms with Gasteiger partial charge in [-0.15, -0.1) is 0 Å². The lowest BCUT2D eigenvalue weighted by Crippen LogP contribution is -2.40. The van der Waals surface area contributed by atoms with Gasteiger partial charge >= 0.3 is 0 Å². The number of morpholine rings is 2. The standard InChI is InChI=1S/C16H24N2O7/c19-12-10(15(22)17-1-5-24-6-2-17)9-11(13(20)14(12)21)16(23)18-3-7-25-8-4-18/h9,15-16,19-23H,1-8H2/t15-,16-/m1/s1. The average molecular weight is 356 g/mol. The number of aliphatic hydroxyl groups excluding tert-OH is 2. The average Bonchev–Trinajstić information content (AvgIpc) is 2.67. The van der Waals surface area contributed by atoms with E-state index in [-0.39, 0.29) is 11.1 Å². The second-order valence-electron chi connectivity index (χ2n) is 6.14. The molecular weight excluding hydrogens is 332 g/mol. The van der Waals surface area contributed by atoms with Crippen molar-refractivity contribution in [3.8, 4) is 17.2 Å². The lowest BCUT2D eigenvalue weighted by atomic mass is 10.0. The van der Waals surface area contributed by atoms with Crippen molar-refractivity contribution in [2.75, 3.05) is 52.6 Å². The molecule has 9 heteroatoms. The number of hydrogen-bond donors (Lipinski definition) is 5. The summed E-state index contributed by atoms with van der Waals surface area (Å²) in [5, 5.41) is 51.5. The molecule has 1 aromatic carbocycles. The van der Waals surface area contributed by atoms with Crippen LogP contribution in [0.3, 0.4) is 0 Å². The normalized spacial score (nSPS) is 22.6. The molecule has 2 atom stereocenters. The highest BCUT2D eigenvalue weighted by atomic mass is 16.5. The van der Waals surface area contributed by atoms with Crippen molar-refractivity contribution < 1.29 is 35.0 Å². The molecule has 2 fully saturated rings. The van der Waals surface area contributed by atoms with E-state index in [1.54, 1.807) is 9.80 Å². The molecule has 2 aliphatic rings. The van der Waals surface area contributed by atoms with Crippen molar-refractivity contribution in [1.29, 1.82) is 0 Å². The van der Waals surface area contributed by atoms with Crippen LogP contribution in [0.1, 0.15) is 23.6 Å². The monoisotopic (exact) mass is 356 g/mol. The van der Waals surface area contributed by atoms with E-state index in [1.165, 1.54) is 6.07 Å². The summed E-state index contributed by atoms with van der Waals surface area (Å²) in [7, 11) is 0. The third kappa shape index (κ3) is 3.66. The first-order valence-corrected chi connectivity index (χ1v) is 8.28. The molecular formula is C16H24N2O7. The van der Waals surface area contributed by atoms with Crippen LogP contribution >= 0.6 is 0 Å². The topological polar surface area (TPSA) is 126 Å². The van der Waals surface area contributed by atoms with Crippen LogP contribution in [0.5, 0.6) is 17.2 Å². The van der Waals surface area contributed by atoms with E-state index < -0.39 is 29.7 Å². The predicted molar refractivity (Wildman–Crippen MR) is 86.1 cm³/mol. The first-order valence-electron chi connectivity index (χ1n) is 8.28. The zero-order chi connectivity index (χ0) is 18.0. The zero-order valence-electron chi connectivity index (χ0n) is 13.8. The Labute approximate surface area is 145 Å². The van der Waals surface area contributed by atoms with Crippen LogP contribution in [0.15, 0.2) is 6.07 Å². The van der Waals surface area contributed by atoms with E-state index in [2.05, 4.69) is 0 Å². The van der Waals surface area contributed by atoms with Crippen molar-refractivity contribution >= 4 is 0 Å². The largest absolute Gasteiger partial charge is 0.504 e. The Bertz CT molecular complexity index is 552. The maximum absolute atomic E-state index is 10.6. The molecule has 140 valence electrons. The molecule has 0 aliphatic carbocycles. The van der Waals surface area contributed by atoms with Crippen LogP contribution in [0.4, 0.5) is 0 Å². The van der Waals surface area contributed by atoms with Crippen molar-refractivity contribution in [2.45, 2.75) is 12.5 Å². The van der Waals surface area contributed by atoms with Gasteiger partial charge < -0.3 is 35.0 Å². The molecule has 0 bridgehead atoms. The molecule has 3 rings (SSSR count). The van der Waals surface area contributed by atoms with E-state index in [1.807, 2.05) is 0 Å². The molecule has 0 unspecified atom stereocenters.